The highest BCUT2D eigenvalue weighted by molar-refractivity contribution is 14.0. The molecule has 1 aliphatic heterocycles. The summed E-state index contributed by atoms with van der Waals surface area (Å²) in [7, 11) is 1.82. The normalized spacial score (nSPS) is 15.7. The minimum absolute atomic E-state index is 0. The number of benzene rings is 1. The number of aliphatic imine (C=N–C) groups is 1. The fraction of sp³-hybridized carbons (Fsp3) is 0.682. The summed E-state index contributed by atoms with van der Waals surface area (Å²) in [5, 5.41) is 6.84. The van der Waals surface area contributed by atoms with E-state index < -0.39 is 0 Å². The van der Waals surface area contributed by atoms with Crippen LogP contribution >= 0.6 is 24.0 Å². The van der Waals surface area contributed by atoms with E-state index in [1.54, 1.807) is 0 Å². The molecule has 1 saturated heterocycles. The summed E-state index contributed by atoms with van der Waals surface area (Å²) in [5.74, 6) is 0.852. The van der Waals surface area contributed by atoms with Crippen molar-refractivity contribution in [2.24, 2.45) is 4.99 Å². The first-order chi connectivity index (χ1) is 13.5. The number of guanidine groups is 1. The van der Waals surface area contributed by atoms with Gasteiger partial charge in [0.2, 0.25) is 0 Å². The maximum Gasteiger partial charge on any atom is 0.191 e. The predicted molar refractivity (Wildman–Crippen MR) is 133 cm³/mol. The lowest BCUT2D eigenvalue weighted by atomic mass is 10.1. The Morgan fingerprint density at radius 3 is 2.17 bits per heavy atom. The van der Waals surface area contributed by atoms with Gasteiger partial charge in [0.05, 0.1) is 13.2 Å². The Kier molecular flexibility index (Phi) is 12.8. The molecule has 2 N–H and O–H groups in total. The highest BCUT2D eigenvalue weighted by Gasteiger charge is 2.13. The van der Waals surface area contributed by atoms with Gasteiger partial charge in [-0.1, -0.05) is 24.3 Å². The molecular formula is C22H40IN5O. The number of halogens is 1. The molecule has 0 atom stereocenters. The van der Waals surface area contributed by atoms with Gasteiger partial charge in [-0.05, 0) is 38.8 Å². The van der Waals surface area contributed by atoms with Crippen LogP contribution < -0.4 is 10.6 Å². The van der Waals surface area contributed by atoms with E-state index in [1.165, 1.54) is 11.1 Å². The summed E-state index contributed by atoms with van der Waals surface area (Å²) < 4.78 is 5.42. The summed E-state index contributed by atoms with van der Waals surface area (Å²) in [4.78, 5) is 9.27. The van der Waals surface area contributed by atoms with Crippen LogP contribution in [0.15, 0.2) is 29.3 Å². The van der Waals surface area contributed by atoms with Crippen molar-refractivity contribution in [1.29, 1.82) is 0 Å². The van der Waals surface area contributed by atoms with Crippen LogP contribution in [0.1, 0.15) is 38.8 Å². The van der Waals surface area contributed by atoms with Crippen LogP contribution in [0.5, 0.6) is 0 Å². The Labute approximate surface area is 194 Å². The molecule has 1 aromatic rings. The number of ether oxygens (including phenoxy) is 1. The molecule has 6 nitrogen and oxygen atoms in total. The number of morpholine rings is 1. The summed E-state index contributed by atoms with van der Waals surface area (Å²) in [6.07, 6.45) is 0. The van der Waals surface area contributed by atoms with E-state index >= 15 is 0 Å². The van der Waals surface area contributed by atoms with Gasteiger partial charge in [0, 0.05) is 58.4 Å². The molecule has 1 aromatic carbocycles. The zero-order chi connectivity index (χ0) is 20.4. The molecule has 0 radical (unpaired) electrons. The van der Waals surface area contributed by atoms with Gasteiger partial charge >= 0.3 is 0 Å². The first-order valence-corrected chi connectivity index (χ1v) is 10.6. The van der Waals surface area contributed by atoms with Gasteiger partial charge in [-0.15, -0.1) is 24.0 Å². The van der Waals surface area contributed by atoms with Crippen molar-refractivity contribution in [2.45, 2.75) is 52.9 Å². The molecule has 1 fully saturated rings. The molecule has 0 aromatic heterocycles. The number of hydrogen-bond donors (Lipinski definition) is 2. The molecule has 0 unspecified atom stereocenters. The van der Waals surface area contributed by atoms with E-state index in [-0.39, 0.29) is 24.0 Å². The molecular weight excluding hydrogens is 477 g/mol. The number of nitrogens with one attached hydrogen (secondary N) is 2. The van der Waals surface area contributed by atoms with Crippen LogP contribution in [-0.2, 0) is 17.8 Å². The van der Waals surface area contributed by atoms with E-state index in [4.69, 9.17) is 4.74 Å². The van der Waals surface area contributed by atoms with Crippen molar-refractivity contribution in [1.82, 2.24) is 20.4 Å². The maximum atomic E-state index is 5.42. The molecule has 1 heterocycles. The third-order valence-corrected chi connectivity index (χ3v) is 5.21. The number of rotatable bonds is 9. The maximum absolute atomic E-state index is 5.42. The molecule has 2 rings (SSSR count). The zero-order valence-electron chi connectivity index (χ0n) is 18.8. The lowest BCUT2D eigenvalue weighted by molar-refractivity contribution is 0.0342. The highest BCUT2D eigenvalue weighted by Crippen LogP contribution is 2.09. The SMILES string of the molecule is CN=C(NCCN(C(C)C)C(C)C)NCc1ccc(CN2CCOCC2)cc1.I. The molecule has 166 valence electrons. The molecule has 0 spiro atoms. The average molecular weight is 518 g/mol. The van der Waals surface area contributed by atoms with E-state index in [0.717, 1.165) is 58.4 Å². The van der Waals surface area contributed by atoms with Crippen molar-refractivity contribution in [3.8, 4) is 0 Å². The second-order valence-electron chi connectivity index (χ2n) is 7.98. The van der Waals surface area contributed by atoms with Gasteiger partial charge in [0.1, 0.15) is 0 Å². The second kappa shape index (κ2) is 14.2. The quantitative estimate of drug-likeness (QED) is 0.300. The van der Waals surface area contributed by atoms with Crippen molar-refractivity contribution in [3.63, 3.8) is 0 Å². The summed E-state index contributed by atoms with van der Waals surface area (Å²) in [6.45, 7) is 16.4. The van der Waals surface area contributed by atoms with Gasteiger partial charge < -0.3 is 15.4 Å². The fourth-order valence-corrected chi connectivity index (χ4v) is 3.60. The second-order valence-corrected chi connectivity index (χ2v) is 7.98. The molecule has 29 heavy (non-hydrogen) atoms. The van der Waals surface area contributed by atoms with Gasteiger partial charge in [0.25, 0.3) is 0 Å². The van der Waals surface area contributed by atoms with E-state index in [9.17, 15) is 0 Å². The van der Waals surface area contributed by atoms with Crippen LogP contribution in [0.4, 0.5) is 0 Å². The van der Waals surface area contributed by atoms with Crippen LogP contribution in [0.2, 0.25) is 0 Å². The van der Waals surface area contributed by atoms with Crippen molar-refractivity contribution in [2.75, 3.05) is 46.4 Å². The fourth-order valence-electron chi connectivity index (χ4n) is 3.60. The largest absolute Gasteiger partial charge is 0.379 e. The van der Waals surface area contributed by atoms with Crippen molar-refractivity contribution < 1.29 is 4.74 Å². The van der Waals surface area contributed by atoms with Crippen molar-refractivity contribution >= 4 is 29.9 Å². The van der Waals surface area contributed by atoms with E-state index in [0.29, 0.717) is 12.1 Å². The summed E-state index contributed by atoms with van der Waals surface area (Å²) >= 11 is 0. The summed E-state index contributed by atoms with van der Waals surface area (Å²) in [5.41, 5.74) is 2.62. The monoisotopic (exact) mass is 517 g/mol. The third-order valence-electron chi connectivity index (χ3n) is 5.21. The Bertz CT molecular complexity index is 577. The molecule has 0 saturated carbocycles. The molecule has 0 amide bonds. The molecule has 0 bridgehead atoms. The van der Waals surface area contributed by atoms with Gasteiger partial charge in [0.15, 0.2) is 5.96 Å². The Morgan fingerprint density at radius 2 is 1.62 bits per heavy atom. The lowest BCUT2D eigenvalue weighted by Crippen LogP contribution is -2.45. The number of nitrogens with zero attached hydrogens (tertiary/aromatic N) is 3. The summed E-state index contributed by atoms with van der Waals surface area (Å²) in [6, 6.07) is 9.96. The van der Waals surface area contributed by atoms with Crippen LogP contribution in [0, 0.1) is 0 Å². The standard InChI is InChI=1S/C22H39N5O.HI/c1-18(2)27(19(3)4)11-10-24-22(23-5)25-16-20-6-8-21(9-7-20)17-26-12-14-28-15-13-26;/h6-9,18-19H,10-17H2,1-5H3,(H2,23,24,25);1H. The van der Waals surface area contributed by atoms with Gasteiger partial charge in [-0.3, -0.25) is 14.8 Å². The first-order valence-electron chi connectivity index (χ1n) is 10.6. The van der Waals surface area contributed by atoms with Crippen molar-refractivity contribution in [3.05, 3.63) is 35.4 Å². The highest BCUT2D eigenvalue weighted by atomic mass is 127. The Hall–Kier alpha value is -0.900. The minimum atomic E-state index is 0. The van der Waals surface area contributed by atoms with Crippen LogP contribution in [-0.4, -0.2) is 74.3 Å². The average Bonchev–Trinajstić information content (AvgIpc) is 2.69. The van der Waals surface area contributed by atoms with E-state index in [1.807, 2.05) is 7.05 Å². The van der Waals surface area contributed by atoms with Gasteiger partial charge in [-0.2, -0.15) is 0 Å². The van der Waals surface area contributed by atoms with Gasteiger partial charge in [-0.25, -0.2) is 0 Å². The topological polar surface area (TPSA) is 52.1 Å². The predicted octanol–water partition coefficient (Wildman–Crippen LogP) is 2.92. The first kappa shape index (κ1) is 26.1. The van der Waals surface area contributed by atoms with Crippen LogP contribution in [0.25, 0.3) is 0 Å². The molecule has 0 aliphatic carbocycles. The lowest BCUT2D eigenvalue weighted by Gasteiger charge is -2.30. The zero-order valence-corrected chi connectivity index (χ0v) is 21.1. The molecule has 7 heteroatoms. The Balaban J connectivity index is 0.00000420. The number of hydrogen-bond acceptors (Lipinski definition) is 4. The minimum Gasteiger partial charge on any atom is -0.379 e. The smallest absolute Gasteiger partial charge is 0.191 e. The third kappa shape index (κ3) is 9.63. The van der Waals surface area contributed by atoms with E-state index in [2.05, 4.69) is 77.4 Å². The van der Waals surface area contributed by atoms with Crippen LogP contribution in [0.3, 0.4) is 0 Å². The molecule has 1 aliphatic rings. The Morgan fingerprint density at radius 1 is 1.03 bits per heavy atom.